The number of allylic oxidation sites excluding steroid dienone is 4. The van der Waals surface area contributed by atoms with Gasteiger partial charge in [0.1, 0.15) is 19.8 Å². The highest BCUT2D eigenvalue weighted by Crippen LogP contribution is 2.43. The molecule has 358 valence electrons. The third-order valence-corrected chi connectivity index (χ3v) is 11.9. The average Bonchev–Trinajstić information content (AvgIpc) is 3.21. The molecule has 0 aromatic heterocycles. The fourth-order valence-corrected chi connectivity index (χ4v) is 7.74. The minimum atomic E-state index is -4.40. The van der Waals surface area contributed by atoms with Crippen LogP contribution >= 0.6 is 7.82 Å². The molecule has 0 aromatic carbocycles. The Bertz CT molecular complexity index is 1150. The van der Waals surface area contributed by atoms with Crippen LogP contribution in [0.4, 0.5) is 0 Å². The van der Waals surface area contributed by atoms with Gasteiger partial charge in [0, 0.05) is 19.3 Å². The predicted octanol–water partition coefficient (Wildman–Crippen LogP) is 13.9. The molecule has 0 rings (SSSR count). The summed E-state index contributed by atoms with van der Waals surface area (Å²) in [6, 6.07) is 0. The number of ether oxygens (including phenoxy) is 2. The molecule has 11 heteroatoms. The number of hydrogen-bond acceptors (Lipinski definition) is 8. The van der Waals surface area contributed by atoms with Gasteiger partial charge >= 0.3 is 19.8 Å². The first-order chi connectivity index (χ1) is 29.4. The van der Waals surface area contributed by atoms with Gasteiger partial charge in [-0.05, 0) is 38.2 Å². The molecule has 0 aliphatic heterocycles. The van der Waals surface area contributed by atoms with Crippen LogP contribution in [0.1, 0.15) is 226 Å². The number of hydrogen-bond donors (Lipinski definition) is 1. The number of carbonyl (C=O) groups is 3. The van der Waals surface area contributed by atoms with Crippen molar-refractivity contribution >= 4 is 25.5 Å². The van der Waals surface area contributed by atoms with Crippen molar-refractivity contribution in [2.75, 3.05) is 47.5 Å². The molecule has 0 amide bonds. The van der Waals surface area contributed by atoms with Crippen LogP contribution in [-0.2, 0) is 37.5 Å². The molecule has 0 heterocycles. The van der Waals surface area contributed by atoms with E-state index in [2.05, 4.69) is 19.9 Å². The summed E-state index contributed by atoms with van der Waals surface area (Å²) in [5.41, 5.74) is 0. The van der Waals surface area contributed by atoms with Crippen LogP contribution in [0.2, 0.25) is 0 Å². The van der Waals surface area contributed by atoms with Gasteiger partial charge < -0.3 is 18.9 Å². The van der Waals surface area contributed by atoms with Crippen molar-refractivity contribution < 1.29 is 46.8 Å². The number of nitrogens with zero attached hydrogens (tertiary/aromatic N) is 1. The largest absolute Gasteiger partial charge is 0.472 e. The summed E-state index contributed by atoms with van der Waals surface area (Å²) in [5, 5.41) is 0. The van der Waals surface area contributed by atoms with E-state index >= 15 is 0 Å². The van der Waals surface area contributed by atoms with E-state index in [0.29, 0.717) is 23.9 Å². The Hall–Kier alpha value is -1.84. The highest BCUT2D eigenvalue weighted by atomic mass is 31.2. The molecule has 2 atom stereocenters. The molecule has 1 unspecified atom stereocenters. The van der Waals surface area contributed by atoms with E-state index in [0.717, 1.165) is 70.6 Å². The van der Waals surface area contributed by atoms with Crippen molar-refractivity contribution in [3.8, 4) is 0 Å². The smallest absolute Gasteiger partial charge is 0.462 e. The van der Waals surface area contributed by atoms with Crippen molar-refractivity contribution in [2.45, 2.75) is 232 Å². The van der Waals surface area contributed by atoms with Gasteiger partial charge in [0.25, 0.3) is 0 Å². The number of rotatable bonds is 46. The highest BCUT2D eigenvalue weighted by molar-refractivity contribution is 7.47. The Balaban J connectivity index is 4.27. The Kier molecular flexibility index (Phi) is 40.9. The molecule has 0 saturated carbocycles. The number of phosphoric ester groups is 1. The number of ketones is 1. The molecule has 0 aliphatic carbocycles. The predicted molar refractivity (Wildman–Crippen MR) is 252 cm³/mol. The van der Waals surface area contributed by atoms with Gasteiger partial charge in [-0.3, -0.25) is 23.4 Å². The Labute approximate surface area is 374 Å². The molecule has 1 N–H and O–H groups in total. The van der Waals surface area contributed by atoms with Gasteiger partial charge in [-0.1, -0.05) is 193 Å². The molecular weight excluding hydrogens is 790 g/mol. The highest BCUT2D eigenvalue weighted by Gasteiger charge is 2.27. The van der Waals surface area contributed by atoms with E-state index in [1.54, 1.807) is 6.08 Å². The van der Waals surface area contributed by atoms with Gasteiger partial charge in [0.05, 0.1) is 27.7 Å². The van der Waals surface area contributed by atoms with E-state index in [4.69, 9.17) is 18.5 Å². The normalized spacial score (nSPS) is 13.5. The first-order valence-electron chi connectivity index (χ1n) is 25.0. The quantitative estimate of drug-likeness (QED) is 0.0159. The number of likely N-dealkylation sites (N-methyl/N-ethyl adjacent to an activating group) is 1. The third-order valence-electron chi connectivity index (χ3n) is 11.0. The average molecular weight is 885 g/mol. The lowest BCUT2D eigenvalue weighted by Crippen LogP contribution is -2.37. The van der Waals surface area contributed by atoms with Crippen molar-refractivity contribution in [3.63, 3.8) is 0 Å². The molecule has 0 aliphatic rings. The van der Waals surface area contributed by atoms with Crippen LogP contribution in [0.15, 0.2) is 24.3 Å². The summed E-state index contributed by atoms with van der Waals surface area (Å²) in [6.07, 6.45) is 43.5. The van der Waals surface area contributed by atoms with Crippen molar-refractivity contribution in [1.82, 2.24) is 0 Å². The van der Waals surface area contributed by atoms with Gasteiger partial charge in [0.15, 0.2) is 11.9 Å². The zero-order valence-electron chi connectivity index (χ0n) is 40.2. The van der Waals surface area contributed by atoms with Crippen LogP contribution in [0.3, 0.4) is 0 Å². The zero-order valence-corrected chi connectivity index (χ0v) is 41.1. The fourth-order valence-electron chi connectivity index (χ4n) is 7.00. The van der Waals surface area contributed by atoms with Crippen LogP contribution < -0.4 is 0 Å². The van der Waals surface area contributed by atoms with E-state index in [1.165, 1.54) is 116 Å². The van der Waals surface area contributed by atoms with Gasteiger partial charge in [-0.15, -0.1) is 0 Å². The van der Waals surface area contributed by atoms with Crippen LogP contribution in [0.5, 0.6) is 0 Å². The molecule has 0 saturated heterocycles. The lowest BCUT2D eigenvalue weighted by molar-refractivity contribution is -0.870. The molecular formula is C50H95NO9P+. The first kappa shape index (κ1) is 59.2. The molecule has 0 aromatic rings. The maximum Gasteiger partial charge on any atom is 0.472 e. The van der Waals surface area contributed by atoms with E-state index in [9.17, 15) is 23.8 Å². The molecule has 61 heavy (non-hydrogen) atoms. The number of phosphoric acid groups is 1. The van der Waals surface area contributed by atoms with E-state index in [1.807, 2.05) is 33.3 Å². The fraction of sp³-hybridized carbons (Fsp3) is 0.860. The van der Waals surface area contributed by atoms with E-state index < -0.39 is 26.5 Å². The van der Waals surface area contributed by atoms with Crippen LogP contribution in [0, 0.1) is 0 Å². The first-order valence-corrected chi connectivity index (χ1v) is 26.5. The zero-order chi connectivity index (χ0) is 45.1. The standard InChI is InChI=1S/C50H94NO9P/c1-6-8-10-11-12-13-14-15-16-17-18-19-20-21-22-23-24-27-30-33-37-41-49(53)57-45-48(46-59-61(55,56)58-44-43-51(3,4)5)60-50(54)42-38-34-31-28-25-26-29-32-36-40-47(52)39-35-9-7-2/h29,32,36,40,48H,6-28,30-31,33-35,37-39,41-46H2,1-5H3/p+1/b32-29-,40-36+/t48-/m1/s1. The molecule has 0 bridgehead atoms. The number of esters is 2. The summed E-state index contributed by atoms with van der Waals surface area (Å²) in [6.45, 7) is 4.25. The minimum absolute atomic E-state index is 0.0176. The van der Waals surface area contributed by atoms with Gasteiger partial charge in [-0.25, -0.2) is 4.57 Å². The monoisotopic (exact) mass is 885 g/mol. The SMILES string of the molecule is CCCCCCCCCCCCCCCCCCCCCCCC(=O)OC[C@H](COP(=O)(O)OCC[N+](C)(C)C)OC(=O)CCCCCCC/C=C\C=C\C(=O)CCCCC. The second-order valence-corrected chi connectivity index (χ2v) is 19.7. The summed E-state index contributed by atoms with van der Waals surface area (Å²) in [4.78, 5) is 47.3. The molecule has 0 radical (unpaired) electrons. The second-order valence-electron chi connectivity index (χ2n) is 18.2. The lowest BCUT2D eigenvalue weighted by Gasteiger charge is -2.24. The minimum Gasteiger partial charge on any atom is -0.462 e. The Morgan fingerprint density at radius 1 is 0.541 bits per heavy atom. The molecule has 0 spiro atoms. The summed E-state index contributed by atoms with van der Waals surface area (Å²) >= 11 is 0. The summed E-state index contributed by atoms with van der Waals surface area (Å²) in [7, 11) is 1.43. The molecule has 0 fully saturated rings. The van der Waals surface area contributed by atoms with Gasteiger partial charge in [0.2, 0.25) is 0 Å². The lowest BCUT2D eigenvalue weighted by atomic mass is 10.0. The molecule has 10 nitrogen and oxygen atoms in total. The maximum absolute atomic E-state index is 12.7. The number of unbranched alkanes of at least 4 members (excludes halogenated alkanes) is 27. The number of quaternary nitrogens is 1. The third kappa shape index (κ3) is 46.0. The van der Waals surface area contributed by atoms with Crippen molar-refractivity contribution in [1.29, 1.82) is 0 Å². The van der Waals surface area contributed by atoms with Gasteiger partial charge in [-0.2, -0.15) is 0 Å². The van der Waals surface area contributed by atoms with Crippen molar-refractivity contribution in [2.24, 2.45) is 0 Å². The van der Waals surface area contributed by atoms with Crippen LogP contribution in [-0.4, -0.2) is 80.7 Å². The maximum atomic E-state index is 12.7. The van der Waals surface area contributed by atoms with Crippen LogP contribution in [0.25, 0.3) is 0 Å². The van der Waals surface area contributed by atoms with Crippen molar-refractivity contribution in [3.05, 3.63) is 24.3 Å². The Morgan fingerprint density at radius 2 is 0.967 bits per heavy atom. The topological polar surface area (TPSA) is 125 Å². The van der Waals surface area contributed by atoms with E-state index in [-0.39, 0.29) is 37.8 Å². The summed E-state index contributed by atoms with van der Waals surface area (Å²) in [5.74, 6) is -0.671. The second kappa shape index (κ2) is 42.1. The number of carbonyl (C=O) groups excluding carboxylic acids is 3. The Morgan fingerprint density at radius 3 is 1.46 bits per heavy atom. The summed E-state index contributed by atoms with van der Waals surface area (Å²) < 4.78 is 34.3.